The molecule has 0 aromatic heterocycles. The minimum atomic E-state index is -0.647. The molecule has 0 spiro atoms. The molecule has 8 nitrogen and oxygen atoms in total. The molecular weight excluding hydrogens is 390 g/mol. The molecule has 0 aliphatic carbocycles. The third-order valence-corrected chi connectivity index (χ3v) is 4.53. The summed E-state index contributed by atoms with van der Waals surface area (Å²) < 4.78 is 15.3. The van der Waals surface area contributed by atoms with Crippen molar-refractivity contribution in [2.24, 2.45) is 0 Å². The van der Waals surface area contributed by atoms with Crippen LogP contribution in [-0.2, 0) is 28.6 Å². The van der Waals surface area contributed by atoms with Gasteiger partial charge in [0, 0.05) is 19.1 Å². The number of cyclic esters (lactones) is 1. The highest BCUT2D eigenvalue weighted by Gasteiger charge is 2.42. The molecule has 0 bridgehead atoms. The molecule has 2 rings (SSSR count). The van der Waals surface area contributed by atoms with Gasteiger partial charge in [-0.1, -0.05) is 30.3 Å². The third-order valence-electron chi connectivity index (χ3n) is 4.53. The van der Waals surface area contributed by atoms with E-state index in [9.17, 15) is 19.2 Å². The highest BCUT2D eigenvalue weighted by molar-refractivity contribution is 5.93. The summed E-state index contributed by atoms with van der Waals surface area (Å²) in [5.74, 6) is -0.874. The highest BCUT2D eigenvalue weighted by Crippen LogP contribution is 2.32. The second-order valence-corrected chi connectivity index (χ2v) is 6.61. The van der Waals surface area contributed by atoms with E-state index in [-0.39, 0.29) is 25.5 Å². The van der Waals surface area contributed by atoms with Gasteiger partial charge in [-0.2, -0.15) is 0 Å². The summed E-state index contributed by atoms with van der Waals surface area (Å²) in [6, 6.07) is 8.88. The van der Waals surface area contributed by atoms with Gasteiger partial charge in [-0.15, -0.1) is 0 Å². The van der Waals surface area contributed by atoms with Gasteiger partial charge in [-0.25, -0.2) is 14.5 Å². The van der Waals surface area contributed by atoms with Crippen molar-refractivity contribution in [2.75, 3.05) is 20.3 Å². The summed E-state index contributed by atoms with van der Waals surface area (Å²) in [6.45, 7) is 2.12. The lowest BCUT2D eigenvalue weighted by molar-refractivity contribution is -0.135. The van der Waals surface area contributed by atoms with Gasteiger partial charge in [0.1, 0.15) is 12.4 Å². The minimum Gasteiger partial charge on any atom is -0.466 e. The number of methoxy groups -OCH3 is 1. The molecule has 1 fully saturated rings. The van der Waals surface area contributed by atoms with E-state index in [0.717, 1.165) is 10.5 Å². The molecule has 8 heteroatoms. The largest absolute Gasteiger partial charge is 0.466 e. The van der Waals surface area contributed by atoms with Crippen molar-refractivity contribution in [3.05, 3.63) is 59.7 Å². The predicted molar refractivity (Wildman–Crippen MR) is 107 cm³/mol. The topological polar surface area (TPSA) is 99.2 Å². The Hall–Kier alpha value is -3.26. The molecule has 0 N–H and O–H groups in total. The molecule has 2 atom stereocenters. The molecule has 1 saturated heterocycles. The molecule has 30 heavy (non-hydrogen) atoms. The number of amides is 2. The summed E-state index contributed by atoms with van der Waals surface area (Å²) in [4.78, 5) is 47.6. The number of carbonyl (C=O) groups excluding carboxylic acids is 4. The number of allylic oxidation sites excluding steroid dienone is 1. The van der Waals surface area contributed by atoms with Crippen LogP contribution in [-0.4, -0.2) is 55.5 Å². The zero-order valence-electron chi connectivity index (χ0n) is 17.0. The molecule has 0 radical (unpaired) electrons. The van der Waals surface area contributed by atoms with Crippen LogP contribution >= 0.6 is 0 Å². The number of nitrogens with zero attached hydrogens (tertiary/aromatic N) is 1. The zero-order chi connectivity index (χ0) is 21.9. The predicted octanol–water partition coefficient (Wildman–Crippen LogP) is 2.75. The maximum absolute atomic E-state index is 12.5. The van der Waals surface area contributed by atoms with E-state index in [1.807, 2.05) is 30.3 Å². The number of benzene rings is 1. The van der Waals surface area contributed by atoms with Crippen LogP contribution in [0.15, 0.2) is 54.1 Å². The number of esters is 1. The first kappa shape index (κ1) is 23.0. The molecule has 0 saturated carbocycles. The first-order valence-corrected chi connectivity index (χ1v) is 9.53. The maximum atomic E-state index is 12.5. The van der Waals surface area contributed by atoms with Crippen molar-refractivity contribution >= 4 is 24.3 Å². The minimum absolute atomic E-state index is 0.0959. The standard InChI is InChI=1S/C22H25NO7/c1-16-21(18-7-4-3-5-8-18)30-22(27)23(16)19(25)9-6-14-29-15-17(12-13-24)10-11-20(26)28-2/h3-5,7-8,10-13,16,21H,6,9,14-15H2,1-2H3/b11-10-,17-12+/t16-,21-/m1/s1. The maximum Gasteiger partial charge on any atom is 0.417 e. The Morgan fingerprint density at radius 1 is 1.20 bits per heavy atom. The average molecular weight is 415 g/mol. The molecule has 1 heterocycles. The summed E-state index contributed by atoms with van der Waals surface area (Å²) in [7, 11) is 1.25. The number of hydrogen-bond donors (Lipinski definition) is 0. The lowest BCUT2D eigenvalue weighted by atomic mass is 10.0. The SMILES string of the molecule is COC(=O)/C=C\C(=C/C=O)COCCCC(=O)N1C(=O)O[C@@H](c2ccccc2)[C@H]1C. The molecule has 1 aliphatic rings. The lowest BCUT2D eigenvalue weighted by Gasteiger charge is -2.19. The monoisotopic (exact) mass is 415 g/mol. The molecule has 2 amide bonds. The molecule has 1 aromatic rings. The van der Waals surface area contributed by atoms with Crippen LogP contribution in [0, 0.1) is 0 Å². The fraction of sp³-hybridized carbons (Fsp3) is 0.364. The van der Waals surface area contributed by atoms with Crippen molar-refractivity contribution in [1.82, 2.24) is 4.90 Å². The average Bonchev–Trinajstić information content (AvgIpc) is 3.05. The lowest BCUT2D eigenvalue weighted by Crippen LogP contribution is -2.37. The number of hydrogen-bond acceptors (Lipinski definition) is 7. The second-order valence-electron chi connectivity index (χ2n) is 6.61. The van der Waals surface area contributed by atoms with Gasteiger partial charge in [-0.05, 0) is 36.6 Å². The Bertz CT molecular complexity index is 816. The van der Waals surface area contributed by atoms with Crippen molar-refractivity contribution in [3.8, 4) is 0 Å². The molecule has 160 valence electrons. The second kappa shape index (κ2) is 11.7. The van der Waals surface area contributed by atoms with Gasteiger partial charge < -0.3 is 14.2 Å². The molecular formula is C22H25NO7. The van der Waals surface area contributed by atoms with Gasteiger partial charge in [-0.3, -0.25) is 9.59 Å². The molecule has 1 aliphatic heterocycles. The summed E-state index contributed by atoms with van der Waals surface area (Å²) >= 11 is 0. The Labute approximate surface area is 175 Å². The number of rotatable bonds is 10. The van der Waals surface area contributed by atoms with E-state index in [0.29, 0.717) is 18.3 Å². The number of carbonyl (C=O) groups is 4. The van der Waals surface area contributed by atoms with E-state index >= 15 is 0 Å². The van der Waals surface area contributed by atoms with Crippen LogP contribution < -0.4 is 0 Å². The van der Waals surface area contributed by atoms with Crippen LogP contribution in [0.2, 0.25) is 0 Å². The van der Waals surface area contributed by atoms with Gasteiger partial charge >= 0.3 is 12.1 Å². The third kappa shape index (κ3) is 6.38. The quantitative estimate of drug-likeness (QED) is 0.190. The highest BCUT2D eigenvalue weighted by atomic mass is 16.6. The van der Waals surface area contributed by atoms with Crippen molar-refractivity contribution in [2.45, 2.75) is 31.9 Å². The summed E-state index contributed by atoms with van der Waals surface area (Å²) in [6.07, 6.45) is 3.85. The normalized spacial score (nSPS) is 19.1. The van der Waals surface area contributed by atoms with Gasteiger partial charge in [0.2, 0.25) is 5.91 Å². The van der Waals surface area contributed by atoms with Crippen LogP contribution in [0.5, 0.6) is 0 Å². The Morgan fingerprint density at radius 3 is 2.60 bits per heavy atom. The summed E-state index contributed by atoms with van der Waals surface area (Å²) in [5, 5.41) is 0. The number of imide groups is 1. The fourth-order valence-electron chi connectivity index (χ4n) is 3.00. The van der Waals surface area contributed by atoms with E-state index in [1.54, 1.807) is 6.92 Å². The van der Waals surface area contributed by atoms with Gasteiger partial charge in [0.15, 0.2) is 0 Å². The van der Waals surface area contributed by atoms with E-state index in [2.05, 4.69) is 4.74 Å². The smallest absolute Gasteiger partial charge is 0.417 e. The van der Waals surface area contributed by atoms with Crippen LogP contribution in [0.1, 0.15) is 31.4 Å². The van der Waals surface area contributed by atoms with Crippen molar-refractivity contribution in [3.63, 3.8) is 0 Å². The summed E-state index contributed by atoms with van der Waals surface area (Å²) in [5.41, 5.74) is 1.33. The molecule has 1 aromatic carbocycles. The number of aldehydes is 1. The van der Waals surface area contributed by atoms with Crippen molar-refractivity contribution < 1.29 is 33.4 Å². The Balaban J connectivity index is 1.79. The van der Waals surface area contributed by atoms with Crippen LogP contribution in [0.25, 0.3) is 0 Å². The van der Waals surface area contributed by atoms with Gasteiger partial charge in [0.05, 0.1) is 19.8 Å². The van der Waals surface area contributed by atoms with Crippen molar-refractivity contribution in [1.29, 1.82) is 0 Å². The van der Waals surface area contributed by atoms with Crippen LogP contribution in [0.3, 0.4) is 0 Å². The van der Waals surface area contributed by atoms with E-state index in [4.69, 9.17) is 9.47 Å². The number of ether oxygens (including phenoxy) is 3. The molecule has 0 unspecified atom stereocenters. The first-order chi connectivity index (χ1) is 14.5. The fourth-order valence-corrected chi connectivity index (χ4v) is 3.00. The Morgan fingerprint density at radius 2 is 1.93 bits per heavy atom. The zero-order valence-corrected chi connectivity index (χ0v) is 17.0. The van der Waals surface area contributed by atoms with E-state index in [1.165, 1.54) is 25.3 Å². The Kier molecular flexibility index (Phi) is 8.96. The van der Waals surface area contributed by atoms with Crippen LogP contribution in [0.4, 0.5) is 4.79 Å². The van der Waals surface area contributed by atoms with Gasteiger partial charge in [0.25, 0.3) is 0 Å². The first-order valence-electron chi connectivity index (χ1n) is 9.53. The van der Waals surface area contributed by atoms with E-state index < -0.39 is 24.2 Å².